The normalized spacial score (nSPS) is 13.1. The maximum Gasteiger partial charge on any atom is 0.307 e. The van der Waals surface area contributed by atoms with E-state index in [-0.39, 0.29) is 23.6 Å². The third kappa shape index (κ3) is 3.56. The Morgan fingerprint density at radius 2 is 1.86 bits per heavy atom. The Bertz CT molecular complexity index is 707. The summed E-state index contributed by atoms with van der Waals surface area (Å²) >= 11 is 0. The maximum absolute atomic E-state index is 12.6. The number of Topliss-reactive ketones (excluding diaryl/α,β-unsaturated/α-hetero) is 1. The van der Waals surface area contributed by atoms with Gasteiger partial charge in [0, 0.05) is 22.2 Å². The average molecular weight is 301 g/mol. The molecule has 0 aliphatic rings. The monoisotopic (exact) mass is 301 g/mol. The lowest BCUT2D eigenvalue weighted by molar-refractivity contribution is -0.148. The fourth-order valence-corrected chi connectivity index (χ4v) is 2.52. The van der Waals surface area contributed by atoms with Crippen molar-refractivity contribution < 1.29 is 14.3 Å². The van der Waals surface area contributed by atoms with E-state index in [9.17, 15) is 9.59 Å². The fourth-order valence-electron chi connectivity index (χ4n) is 2.52. The standard InChI is InChI=1S/C18H23NO3/c1-11-16(13-8-6-7-9-14(13)19-11)17(21)12(2)22-15(20)10-18(3,4)5/h6-9,12,19H,10H2,1-5H3/t12-/m0/s1. The number of aryl methyl sites for hydroxylation is 1. The summed E-state index contributed by atoms with van der Waals surface area (Å²) in [6.07, 6.45) is -0.495. The molecule has 1 aromatic heterocycles. The van der Waals surface area contributed by atoms with Crippen LogP contribution in [0.25, 0.3) is 10.9 Å². The molecule has 0 spiro atoms. The van der Waals surface area contributed by atoms with Crippen molar-refractivity contribution in [2.24, 2.45) is 5.41 Å². The molecule has 0 aliphatic heterocycles. The third-order valence-corrected chi connectivity index (χ3v) is 3.49. The lowest BCUT2D eigenvalue weighted by Gasteiger charge is -2.19. The van der Waals surface area contributed by atoms with Gasteiger partial charge in [-0.1, -0.05) is 39.0 Å². The van der Waals surface area contributed by atoms with Crippen molar-refractivity contribution in [3.8, 4) is 0 Å². The molecule has 0 fully saturated rings. The Labute approximate surface area is 130 Å². The maximum atomic E-state index is 12.6. The molecule has 1 heterocycles. The highest BCUT2D eigenvalue weighted by Gasteiger charge is 2.26. The number of aromatic amines is 1. The van der Waals surface area contributed by atoms with Crippen LogP contribution in [0.1, 0.15) is 50.2 Å². The number of carbonyl (C=O) groups is 2. The first-order valence-electron chi connectivity index (χ1n) is 7.50. The zero-order chi connectivity index (χ0) is 16.5. The minimum Gasteiger partial charge on any atom is -0.454 e. The van der Waals surface area contributed by atoms with Gasteiger partial charge in [0.15, 0.2) is 6.10 Å². The summed E-state index contributed by atoms with van der Waals surface area (Å²) in [6.45, 7) is 9.38. The Morgan fingerprint density at radius 3 is 2.50 bits per heavy atom. The van der Waals surface area contributed by atoms with Crippen molar-refractivity contribution in [3.05, 3.63) is 35.5 Å². The fraction of sp³-hybridized carbons (Fsp3) is 0.444. The third-order valence-electron chi connectivity index (χ3n) is 3.49. The van der Waals surface area contributed by atoms with Crippen molar-refractivity contribution in [1.29, 1.82) is 0 Å². The molecular formula is C18H23NO3. The van der Waals surface area contributed by atoms with Crippen LogP contribution in [0.3, 0.4) is 0 Å². The minimum atomic E-state index is -0.784. The van der Waals surface area contributed by atoms with Gasteiger partial charge in [-0.3, -0.25) is 9.59 Å². The molecule has 0 unspecified atom stereocenters. The van der Waals surface area contributed by atoms with E-state index >= 15 is 0 Å². The molecule has 0 amide bonds. The second kappa shape index (κ2) is 5.95. The van der Waals surface area contributed by atoms with Crippen molar-refractivity contribution in [3.63, 3.8) is 0 Å². The Kier molecular flexibility index (Phi) is 4.40. The predicted molar refractivity (Wildman–Crippen MR) is 87.0 cm³/mol. The molecule has 4 heteroatoms. The number of ketones is 1. The van der Waals surface area contributed by atoms with Crippen LogP contribution in [0.2, 0.25) is 0 Å². The molecule has 0 bridgehead atoms. The number of para-hydroxylation sites is 1. The van der Waals surface area contributed by atoms with E-state index in [0.29, 0.717) is 5.56 Å². The van der Waals surface area contributed by atoms with Crippen molar-refractivity contribution in [2.75, 3.05) is 0 Å². The molecule has 0 radical (unpaired) electrons. The topological polar surface area (TPSA) is 59.2 Å². The van der Waals surface area contributed by atoms with Crippen LogP contribution >= 0.6 is 0 Å². The number of rotatable bonds is 4. The predicted octanol–water partition coefficient (Wildman–Crippen LogP) is 4.03. The van der Waals surface area contributed by atoms with Gasteiger partial charge in [0.25, 0.3) is 0 Å². The smallest absolute Gasteiger partial charge is 0.307 e. The lowest BCUT2D eigenvalue weighted by Crippen LogP contribution is -2.26. The molecule has 0 saturated heterocycles. The van der Waals surface area contributed by atoms with Crippen LogP contribution in [0.4, 0.5) is 0 Å². The zero-order valence-corrected chi connectivity index (χ0v) is 13.8. The number of esters is 1. The number of hydrogen-bond acceptors (Lipinski definition) is 3. The largest absolute Gasteiger partial charge is 0.454 e. The van der Waals surface area contributed by atoms with E-state index in [1.54, 1.807) is 6.92 Å². The molecule has 1 N–H and O–H groups in total. The number of ether oxygens (including phenoxy) is 1. The number of fused-ring (bicyclic) bond motifs is 1. The van der Waals surface area contributed by atoms with Crippen LogP contribution < -0.4 is 0 Å². The summed E-state index contributed by atoms with van der Waals surface area (Å²) in [5.41, 5.74) is 2.16. The van der Waals surface area contributed by atoms with Crippen LogP contribution in [0.15, 0.2) is 24.3 Å². The number of nitrogens with one attached hydrogen (secondary N) is 1. The van der Waals surface area contributed by atoms with Crippen LogP contribution in [0, 0.1) is 12.3 Å². The van der Waals surface area contributed by atoms with Crippen molar-refractivity contribution in [2.45, 2.75) is 47.1 Å². The molecule has 1 aromatic carbocycles. The molecular weight excluding hydrogens is 278 g/mol. The van der Waals surface area contributed by atoms with Crippen LogP contribution in [0.5, 0.6) is 0 Å². The zero-order valence-electron chi connectivity index (χ0n) is 13.8. The number of aromatic nitrogens is 1. The first-order chi connectivity index (χ1) is 10.2. The average Bonchev–Trinajstić information content (AvgIpc) is 2.71. The number of carbonyl (C=O) groups excluding carboxylic acids is 2. The van der Waals surface area contributed by atoms with Gasteiger partial charge in [-0.2, -0.15) is 0 Å². The highest BCUT2D eigenvalue weighted by atomic mass is 16.5. The van der Waals surface area contributed by atoms with Gasteiger partial charge in [-0.25, -0.2) is 0 Å². The van der Waals surface area contributed by atoms with Crippen molar-refractivity contribution in [1.82, 2.24) is 4.98 Å². The molecule has 2 rings (SSSR count). The Balaban J connectivity index is 2.20. The van der Waals surface area contributed by atoms with Crippen LogP contribution in [-0.4, -0.2) is 22.8 Å². The van der Waals surface area contributed by atoms with E-state index in [2.05, 4.69) is 4.98 Å². The van der Waals surface area contributed by atoms with Gasteiger partial charge in [-0.15, -0.1) is 0 Å². The Morgan fingerprint density at radius 1 is 1.23 bits per heavy atom. The molecule has 0 saturated carbocycles. The van der Waals surface area contributed by atoms with E-state index in [0.717, 1.165) is 16.6 Å². The highest BCUT2D eigenvalue weighted by molar-refractivity contribution is 6.11. The molecule has 22 heavy (non-hydrogen) atoms. The van der Waals surface area contributed by atoms with Gasteiger partial charge in [-0.05, 0) is 25.3 Å². The summed E-state index contributed by atoms with van der Waals surface area (Å²) < 4.78 is 5.31. The first-order valence-corrected chi connectivity index (χ1v) is 7.50. The molecule has 2 aromatic rings. The Hall–Kier alpha value is -2.10. The molecule has 118 valence electrons. The van der Waals surface area contributed by atoms with Gasteiger partial charge in [0.05, 0.1) is 6.42 Å². The highest BCUT2D eigenvalue weighted by Crippen LogP contribution is 2.25. The molecule has 1 atom stereocenters. The van der Waals surface area contributed by atoms with E-state index in [1.165, 1.54) is 0 Å². The van der Waals surface area contributed by atoms with Gasteiger partial charge in [0.2, 0.25) is 5.78 Å². The summed E-state index contributed by atoms with van der Waals surface area (Å²) in [4.78, 5) is 27.7. The SMILES string of the molecule is Cc1[nH]c2ccccc2c1C(=O)[C@H](C)OC(=O)CC(C)(C)C. The van der Waals surface area contributed by atoms with E-state index in [1.807, 2.05) is 52.0 Å². The number of H-pyrrole nitrogens is 1. The second-order valence-electron chi connectivity index (χ2n) is 6.90. The van der Waals surface area contributed by atoms with Gasteiger partial charge >= 0.3 is 5.97 Å². The first kappa shape index (κ1) is 16.3. The second-order valence-corrected chi connectivity index (χ2v) is 6.90. The van der Waals surface area contributed by atoms with Crippen molar-refractivity contribution >= 4 is 22.7 Å². The number of hydrogen-bond donors (Lipinski definition) is 1. The minimum absolute atomic E-state index is 0.156. The number of benzene rings is 1. The molecule has 4 nitrogen and oxygen atoms in total. The summed E-state index contributed by atoms with van der Waals surface area (Å²) in [5, 5.41) is 0.865. The van der Waals surface area contributed by atoms with Gasteiger partial charge < -0.3 is 9.72 Å². The summed E-state index contributed by atoms with van der Waals surface area (Å²) in [6, 6.07) is 7.63. The van der Waals surface area contributed by atoms with E-state index < -0.39 is 6.10 Å². The summed E-state index contributed by atoms with van der Waals surface area (Å²) in [5.74, 6) is -0.511. The summed E-state index contributed by atoms with van der Waals surface area (Å²) in [7, 11) is 0. The quantitative estimate of drug-likeness (QED) is 0.685. The van der Waals surface area contributed by atoms with E-state index in [4.69, 9.17) is 4.74 Å². The molecule has 0 aliphatic carbocycles. The van der Waals surface area contributed by atoms with Gasteiger partial charge in [0.1, 0.15) is 0 Å². The lowest BCUT2D eigenvalue weighted by atomic mass is 9.92. The van der Waals surface area contributed by atoms with Crippen LogP contribution in [-0.2, 0) is 9.53 Å².